The summed E-state index contributed by atoms with van der Waals surface area (Å²) in [4.78, 5) is 13.3. The average molecular weight is 613 g/mol. The van der Waals surface area contributed by atoms with Gasteiger partial charge in [0.05, 0.1) is 11.2 Å². The van der Waals surface area contributed by atoms with E-state index in [0.717, 1.165) is 60.2 Å². The molecule has 42 heavy (non-hydrogen) atoms. The van der Waals surface area contributed by atoms with E-state index in [4.69, 9.17) is 14.6 Å². The number of hydrogen-bond acceptors (Lipinski definition) is 4. The molecule has 4 rings (SSSR count). The molecule has 0 saturated carbocycles. The standard InChI is InChI=1S/C32H52N4O4Si2/c1-10-34(31(37)38)25-12-11-24-19-28(35(27(24)20-25)22-39-15-17-41(4,5)6)30-26-13-14-32(2,3)21-29(26)36(33-30)23-40-16-18-42(7,8)9/h11-12,19-20H,10,13-18,21-23H2,1-9H3,(H,37,38). The highest BCUT2D eigenvalue weighted by atomic mass is 28.3. The Kier molecular flexibility index (Phi) is 9.81. The van der Waals surface area contributed by atoms with E-state index in [1.165, 1.54) is 16.2 Å². The van der Waals surface area contributed by atoms with Gasteiger partial charge < -0.3 is 19.1 Å². The van der Waals surface area contributed by atoms with Crippen molar-refractivity contribution in [1.82, 2.24) is 14.3 Å². The topological polar surface area (TPSA) is 81.8 Å². The summed E-state index contributed by atoms with van der Waals surface area (Å²) in [7, 11) is -2.42. The van der Waals surface area contributed by atoms with Crippen LogP contribution in [0.1, 0.15) is 38.4 Å². The fraction of sp³-hybridized carbons (Fsp3) is 0.625. The van der Waals surface area contributed by atoms with Crippen molar-refractivity contribution in [2.24, 2.45) is 5.41 Å². The summed E-state index contributed by atoms with van der Waals surface area (Å²) >= 11 is 0. The quantitative estimate of drug-likeness (QED) is 0.156. The number of aromatic nitrogens is 3. The Hall–Kier alpha value is -2.41. The molecule has 1 aliphatic carbocycles. The van der Waals surface area contributed by atoms with Crippen molar-refractivity contribution in [3.05, 3.63) is 35.5 Å². The first-order valence-corrected chi connectivity index (χ1v) is 22.9. The molecule has 0 unspecified atom stereocenters. The number of carbonyl (C=O) groups is 1. The van der Waals surface area contributed by atoms with Crippen LogP contribution in [0.15, 0.2) is 24.3 Å². The third-order valence-corrected chi connectivity index (χ3v) is 11.7. The van der Waals surface area contributed by atoms with Gasteiger partial charge in [-0.3, -0.25) is 4.90 Å². The van der Waals surface area contributed by atoms with Gasteiger partial charge in [0, 0.05) is 58.2 Å². The Morgan fingerprint density at radius 1 is 1.02 bits per heavy atom. The first kappa shape index (κ1) is 32.5. The van der Waals surface area contributed by atoms with Crippen LogP contribution in [0.3, 0.4) is 0 Å². The summed E-state index contributed by atoms with van der Waals surface area (Å²) in [6.07, 6.45) is 2.09. The minimum absolute atomic E-state index is 0.211. The van der Waals surface area contributed by atoms with Crippen molar-refractivity contribution >= 4 is 38.8 Å². The number of carboxylic acid groups (broad SMARTS) is 1. The third-order valence-electron chi connectivity index (χ3n) is 8.28. The first-order chi connectivity index (χ1) is 19.6. The minimum Gasteiger partial charge on any atom is -0.465 e. The van der Waals surface area contributed by atoms with Crippen molar-refractivity contribution in [3.63, 3.8) is 0 Å². The summed E-state index contributed by atoms with van der Waals surface area (Å²) in [6.45, 7) is 23.4. The molecule has 1 amide bonds. The summed E-state index contributed by atoms with van der Waals surface area (Å²) in [6, 6.07) is 10.3. The first-order valence-electron chi connectivity index (χ1n) is 15.5. The van der Waals surface area contributed by atoms with Crippen LogP contribution in [0.4, 0.5) is 10.5 Å². The SMILES string of the molecule is CCN(C(=O)O)c1ccc2cc(-c3nn(COCC[Si](C)(C)C)c4c3CCC(C)(C)C4)n(COCC[Si](C)(C)C)c2c1. The highest BCUT2D eigenvalue weighted by molar-refractivity contribution is 6.76. The van der Waals surface area contributed by atoms with Crippen molar-refractivity contribution in [3.8, 4) is 11.4 Å². The summed E-state index contributed by atoms with van der Waals surface area (Å²) in [5.41, 5.74) is 6.42. The van der Waals surface area contributed by atoms with Gasteiger partial charge in [-0.15, -0.1) is 0 Å². The Morgan fingerprint density at radius 2 is 1.67 bits per heavy atom. The number of ether oxygens (including phenoxy) is 2. The van der Waals surface area contributed by atoms with E-state index in [1.54, 1.807) is 0 Å². The van der Waals surface area contributed by atoms with E-state index in [2.05, 4.69) is 68.4 Å². The van der Waals surface area contributed by atoms with Crippen LogP contribution in [0, 0.1) is 5.41 Å². The van der Waals surface area contributed by atoms with E-state index in [-0.39, 0.29) is 5.41 Å². The maximum absolute atomic E-state index is 11.9. The molecule has 2 aromatic heterocycles. The van der Waals surface area contributed by atoms with Crippen LogP contribution in [0.2, 0.25) is 51.4 Å². The number of nitrogens with zero attached hydrogens (tertiary/aromatic N) is 4. The Balaban J connectivity index is 1.77. The van der Waals surface area contributed by atoms with Crippen LogP contribution in [0.5, 0.6) is 0 Å². The van der Waals surface area contributed by atoms with Gasteiger partial charge in [-0.25, -0.2) is 9.48 Å². The van der Waals surface area contributed by atoms with Gasteiger partial charge in [-0.2, -0.15) is 5.10 Å². The number of fused-ring (bicyclic) bond motifs is 2. The number of amides is 1. The van der Waals surface area contributed by atoms with Gasteiger partial charge >= 0.3 is 6.09 Å². The van der Waals surface area contributed by atoms with Gasteiger partial charge in [0.1, 0.15) is 19.2 Å². The molecule has 0 atom stereocenters. The van der Waals surface area contributed by atoms with Gasteiger partial charge in [-0.05, 0) is 61.9 Å². The summed E-state index contributed by atoms with van der Waals surface area (Å²) < 4.78 is 16.8. The Labute approximate surface area is 254 Å². The largest absolute Gasteiger partial charge is 0.465 e. The molecule has 0 bridgehead atoms. The van der Waals surface area contributed by atoms with Gasteiger partial charge in [-0.1, -0.05) is 59.2 Å². The fourth-order valence-electron chi connectivity index (χ4n) is 5.55. The monoisotopic (exact) mass is 612 g/mol. The van der Waals surface area contributed by atoms with Crippen molar-refractivity contribution < 1.29 is 19.4 Å². The zero-order valence-electron chi connectivity index (χ0n) is 27.3. The van der Waals surface area contributed by atoms with E-state index in [0.29, 0.717) is 32.3 Å². The molecule has 10 heteroatoms. The molecular weight excluding hydrogens is 561 g/mol. The predicted molar refractivity (Wildman–Crippen MR) is 178 cm³/mol. The van der Waals surface area contributed by atoms with Gasteiger partial charge in [0.15, 0.2) is 0 Å². The van der Waals surface area contributed by atoms with E-state index in [9.17, 15) is 9.90 Å². The zero-order chi connectivity index (χ0) is 30.9. The second kappa shape index (κ2) is 12.7. The van der Waals surface area contributed by atoms with E-state index < -0.39 is 22.2 Å². The maximum Gasteiger partial charge on any atom is 0.411 e. The summed E-state index contributed by atoms with van der Waals surface area (Å²) in [5, 5.41) is 16.1. The van der Waals surface area contributed by atoms with Crippen LogP contribution >= 0.6 is 0 Å². The molecule has 232 valence electrons. The highest BCUT2D eigenvalue weighted by Gasteiger charge is 2.32. The lowest BCUT2D eigenvalue weighted by Gasteiger charge is -2.30. The van der Waals surface area contributed by atoms with E-state index in [1.807, 2.05) is 25.1 Å². The zero-order valence-corrected chi connectivity index (χ0v) is 29.3. The minimum atomic E-state index is -1.24. The van der Waals surface area contributed by atoms with Crippen LogP contribution in [-0.4, -0.2) is 61.5 Å². The Bertz CT molecular complexity index is 1400. The van der Waals surface area contributed by atoms with Gasteiger partial charge in [0.25, 0.3) is 0 Å². The lowest BCUT2D eigenvalue weighted by Crippen LogP contribution is -2.28. The molecule has 1 aliphatic rings. The Morgan fingerprint density at radius 3 is 2.26 bits per heavy atom. The molecule has 0 radical (unpaired) electrons. The molecule has 0 spiro atoms. The molecule has 2 heterocycles. The molecular formula is C32H52N4O4Si2. The molecule has 8 nitrogen and oxygen atoms in total. The summed E-state index contributed by atoms with van der Waals surface area (Å²) in [5.74, 6) is 0. The molecule has 1 aromatic carbocycles. The maximum atomic E-state index is 11.9. The van der Waals surface area contributed by atoms with Crippen molar-refractivity contribution in [2.75, 3.05) is 24.7 Å². The number of hydrogen-bond donors (Lipinski definition) is 1. The fourth-order valence-corrected chi connectivity index (χ4v) is 7.06. The van der Waals surface area contributed by atoms with Crippen molar-refractivity contribution in [2.45, 2.75) is 105 Å². The lowest BCUT2D eigenvalue weighted by molar-refractivity contribution is 0.0747. The molecule has 0 fully saturated rings. The van der Waals surface area contributed by atoms with Gasteiger partial charge in [0.2, 0.25) is 0 Å². The predicted octanol–water partition coefficient (Wildman–Crippen LogP) is 8.15. The normalized spacial score (nSPS) is 15.3. The highest BCUT2D eigenvalue weighted by Crippen LogP contribution is 2.41. The third kappa shape index (κ3) is 7.95. The van der Waals surface area contributed by atoms with Crippen molar-refractivity contribution in [1.29, 1.82) is 0 Å². The van der Waals surface area contributed by atoms with E-state index >= 15 is 0 Å². The van der Waals surface area contributed by atoms with Crippen LogP contribution < -0.4 is 4.90 Å². The number of benzene rings is 1. The molecule has 0 aliphatic heterocycles. The molecule has 0 saturated heterocycles. The number of anilines is 1. The smallest absolute Gasteiger partial charge is 0.411 e. The second-order valence-corrected chi connectivity index (χ2v) is 26.3. The van der Waals surface area contributed by atoms with Crippen LogP contribution in [-0.2, 0) is 35.8 Å². The molecule has 1 N–H and O–H groups in total. The second-order valence-electron chi connectivity index (χ2n) is 15.0. The van der Waals surface area contributed by atoms with Crippen LogP contribution in [0.25, 0.3) is 22.3 Å². The molecule has 3 aromatic rings. The number of rotatable bonds is 13. The average Bonchev–Trinajstić information content (AvgIpc) is 3.40. The lowest BCUT2D eigenvalue weighted by atomic mass is 9.76.